The lowest BCUT2D eigenvalue weighted by Crippen LogP contribution is -2.11. The van der Waals surface area contributed by atoms with Gasteiger partial charge < -0.3 is 10.5 Å². The van der Waals surface area contributed by atoms with Crippen molar-refractivity contribution >= 4 is 16.9 Å². The smallest absolute Gasteiger partial charge is 0.251 e. The number of aromatic nitrogens is 3. The first kappa shape index (κ1) is 12.2. The minimum absolute atomic E-state index is 0.363. The predicted octanol–water partition coefficient (Wildman–Crippen LogP) is 1.53. The van der Waals surface area contributed by atoms with Gasteiger partial charge in [-0.1, -0.05) is 11.3 Å². The van der Waals surface area contributed by atoms with Gasteiger partial charge in [-0.2, -0.15) is 0 Å². The standard InChI is InChI=1S/C14H12N4O2/c1-20-10-7-5-9(6-8-10)18-12-4-2-3-11(14(15)19)13(12)16-17-18/h2-8H,1H3,(H2,15,19). The SMILES string of the molecule is COc1ccc(-n2nnc3c(C(N)=O)cccc32)cc1. The Morgan fingerprint density at radius 2 is 1.95 bits per heavy atom. The molecule has 0 bridgehead atoms. The number of nitrogens with two attached hydrogens (primary N) is 1. The first-order valence-electron chi connectivity index (χ1n) is 5.99. The van der Waals surface area contributed by atoms with Gasteiger partial charge in [-0.25, -0.2) is 4.68 Å². The van der Waals surface area contributed by atoms with Gasteiger partial charge in [0.05, 0.1) is 23.9 Å². The Morgan fingerprint density at radius 1 is 1.20 bits per heavy atom. The average Bonchev–Trinajstić information content (AvgIpc) is 2.91. The maximum absolute atomic E-state index is 11.4. The second-order valence-electron chi connectivity index (χ2n) is 4.24. The molecule has 2 aromatic carbocycles. The van der Waals surface area contributed by atoms with Crippen molar-refractivity contribution in [2.24, 2.45) is 5.73 Å². The number of hydrogen-bond acceptors (Lipinski definition) is 4. The largest absolute Gasteiger partial charge is 0.497 e. The number of nitrogens with zero attached hydrogens (tertiary/aromatic N) is 3. The van der Waals surface area contributed by atoms with Gasteiger partial charge >= 0.3 is 0 Å². The van der Waals surface area contributed by atoms with Crippen LogP contribution < -0.4 is 10.5 Å². The molecule has 0 spiro atoms. The first-order chi connectivity index (χ1) is 9.70. The predicted molar refractivity (Wildman–Crippen MR) is 73.9 cm³/mol. The molecule has 0 saturated carbocycles. The van der Waals surface area contributed by atoms with Crippen LogP contribution >= 0.6 is 0 Å². The summed E-state index contributed by atoms with van der Waals surface area (Å²) in [7, 11) is 1.61. The normalized spacial score (nSPS) is 10.7. The molecule has 100 valence electrons. The number of carbonyl (C=O) groups is 1. The highest BCUT2D eigenvalue weighted by atomic mass is 16.5. The van der Waals surface area contributed by atoms with Gasteiger partial charge in [-0.05, 0) is 36.4 Å². The third kappa shape index (κ3) is 1.87. The number of fused-ring (bicyclic) bond motifs is 1. The Labute approximate surface area is 114 Å². The molecule has 3 rings (SSSR count). The number of benzene rings is 2. The number of ether oxygens (including phenoxy) is 1. The highest BCUT2D eigenvalue weighted by Crippen LogP contribution is 2.21. The van der Waals surface area contributed by atoms with Crippen LogP contribution in [0.25, 0.3) is 16.7 Å². The summed E-state index contributed by atoms with van der Waals surface area (Å²) in [5, 5.41) is 8.12. The van der Waals surface area contributed by atoms with Crippen molar-refractivity contribution in [1.29, 1.82) is 0 Å². The summed E-state index contributed by atoms with van der Waals surface area (Å²) in [4.78, 5) is 11.4. The minimum Gasteiger partial charge on any atom is -0.497 e. The summed E-state index contributed by atoms with van der Waals surface area (Å²) in [6.07, 6.45) is 0. The fourth-order valence-corrected chi connectivity index (χ4v) is 2.06. The van der Waals surface area contributed by atoms with Crippen molar-refractivity contribution in [3.63, 3.8) is 0 Å². The Bertz CT molecular complexity index is 777. The summed E-state index contributed by atoms with van der Waals surface area (Å²) in [6.45, 7) is 0. The summed E-state index contributed by atoms with van der Waals surface area (Å²) in [6, 6.07) is 12.6. The molecule has 1 amide bonds. The van der Waals surface area contributed by atoms with Crippen LogP contribution in [0, 0.1) is 0 Å². The third-order valence-electron chi connectivity index (χ3n) is 3.06. The van der Waals surface area contributed by atoms with E-state index in [4.69, 9.17) is 10.5 Å². The van der Waals surface area contributed by atoms with Gasteiger partial charge in [0, 0.05) is 0 Å². The highest BCUT2D eigenvalue weighted by Gasteiger charge is 2.13. The molecule has 0 aliphatic heterocycles. The summed E-state index contributed by atoms with van der Waals surface area (Å²) >= 11 is 0. The molecular weight excluding hydrogens is 256 g/mol. The van der Waals surface area contributed by atoms with E-state index >= 15 is 0 Å². The molecule has 0 unspecified atom stereocenters. The van der Waals surface area contributed by atoms with Crippen LogP contribution in [0.15, 0.2) is 42.5 Å². The van der Waals surface area contributed by atoms with Crippen molar-refractivity contribution < 1.29 is 9.53 Å². The zero-order valence-corrected chi connectivity index (χ0v) is 10.8. The molecule has 2 N–H and O–H groups in total. The van der Waals surface area contributed by atoms with Crippen molar-refractivity contribution in [3.05, 3.63) is 48.0 Å². The fourth-order valence-electron chi connectivity index (χ4n) is 2.06. The van der Waals surface area contributed by atoms with Crippen LogP contribution in [0.2, 0.25) is 0 Å². The van der Waals surface area contributed by atoms with Crippen LogP contribution in [0.5, 0.6) is 5.75 Å². The van der Waals surface area contributed by atoms with Crippen LogP contribution in [0.3, 0.4) is 0 Å². The van der Waals surface area contributed by atoms with E-state index in [0.717, 1.165) is 17.0 Å². The number of methoxy groups -OCH3 is 1. The fraction of sp³-hybridized carbons (Fsp3) is 0.0714. The maximum Gasteiger partial charge on any atom is 0.251 e. The zero-order valence-electron chi connectivity index (χ0n) is 10.8. The van der Waals surface area contributed by atoms with E-state index in [1.165, 1.54) is 0 Å². The maximum atomic E-state index is 11.4. The van der Waals surface area contributed by atoms with E-state index in [1.54, 1.807) is 23.9 Å². The lowest BCUT2D eigenvalue weighted by atomic mass is 10.1. The molecule has 3 aromatic rings. The lowest BCUT2D eigenvalue weighted by Gasteiger charge is -2.04. The van der Waals surface area contributed by atoms with Gasteiger partial charge in [0.15, 0.2) is 0 Å². The number of amides is 1. The van der Waals surface area contributed by atoms with E-state index in [9.17, 15) is 4.79 Å². The molecule has 20 heavy (non-hydrogen) atoms. The molecule has 0 aliphatic carbocycles. The van der Waals surface area contributed by atoms with Crippen LogP contribution in [-0.2, 0) is 0 Å². The molecule has 0 fully saturated rings. The molecular formula is C14H12N4O2. The van der Waals surface area contributed by atoms with E-state index in [0.29, 0.717) is 11.1 Å². The van der Waals surface area contributed by atoms with E-state index in [2.05, 4.69) is 10.3 Å². The lowest BCUT2D eigenvalue weighted by molar-refractivity contribution is 0.100. The third-order valence-corrected chi connectivity index (χ3v) is 3.06. The summed E-state index contributed by atoms with van der Waals surface area (Å²) in [5.74, 6) is 0.244. The van der Waals surface area contributed by atoms with Crippen LogP contribution in [0.1, 0.15) is 10.4 Å². The van der Waals surface area contributed by atoms with Gasteiger partial charge in [-0.3, -0.25) is 4.79 Å². The van der Waals surface area contributed by atoms with Crippen LogP contribution in [0.4, 0.5) is 0 Å². The average molecular weight is 268 g/mol. The number of carbonyl (C=O) groups excluding carboxylic acids is 1. The zero-order chi connectivity index (χ0) is 14.1. The van der Waals surface area contributed by atoms with Crippen molar-refractivity contribution in [2.45, 2.75) is 0 Å². The molecule has 0 atom stereocenters. The van der Waals surface area contributed by atoms with E-state index < -0.39 is 5.91 Å². The molecule has 0 aliphatic rings. The van der Waals surface area contributed by atoms with E-state index in [-0.39, 0.29) is 0 Å². The number of primary amides is 1. The van der Waals surface area contributed by atoms with Crippen molar-refractivity contribution in [3.8, 4) is 11.4 Å². The monoisotopic (exact) mass is 268 g/mol. The molecule has 6 heteroatoms. The summed E-state index contributed by atoms with van der Waals surface area (Å²) in [5.41, 5.74) is 7.75. The Hall–Kier alpha value is -2.89. The molecule has 0 saturated heterocycles. The topological polar surface area (TPSA) is 83.0 Å². The quantitative estimate of drug-likeness (QED) is 0.780. The Balaban J connectivity index is 2.17. The van der Waals surface area contributed by atoms with E-state index in [1.807, 2.05) is 30.3 Å². The Morgan fingerprint density at radius 3 is 2.60 bits per heavy atom. The molecule has 1 heterocycles. The van der Waals surface area contributed by atoms with Gasteiger partial charge in [0.25, 0.3) is 5.91 Å². The molecule has 6 nitrogen and oxygen atoms in total. The number of rotatable bonds is 3. The summed E-state index contributed by atoms with van der Waals surface area (Å²) < 4.78 is 6.77. The van der Waals surface area contributed by atoms with Crippen molar-refractivity contribution in [1.82, 2.24) is 15.0 Å². The van der Waals surface area contributed by atoms with Gasteiger partial charge in [0.2, 0.25) is 0 Å². The second kappa shape index (κ2) is 4.65. The minimum atomic E-state index is -0.516. The Kier molecular flexibility index (Phi) is 2.83. The van der Waals surface area contributed by atoms with Crippen molar-refractivity contribution in [2.75, 3.05) is 7.11 Å². The van der Waals surface area contributed by atoms with Crippen LogP contribution in [-0.4, -0.2) is 28.0 Å². The molecule has 1 aromatic heterocycles. The highest BCUT2D eigenvalue weighted by molar-refractivity contribution is 6.04. The molecule has 0 radical (unpaired) electrons. The van der Waals surface area contributed by atoms with Gasteiger partial charge in [-0.15, -0.1) is 5.10 Å². The number of hydrogen-bond donors (Lipinski definition) is 1. The van der Waals surface area contributed by atoms with Gasteiger partial charge in [0.1, 0.15) is 11.3 Å². The second-order valence-corrected chi connectivity index (χ2v) is 4.24. The first-order valence-corrected chi connectivity index (χ1v) is 5.99.